The number of alkyl halides is 3. The summed E-state index contributed by atoms with van der Waals surface area (Å²) in [4.78, 5) is 17.5. The maximum absolute atomic E-state index is 14.1. The highest BCUT2D eigenvalue weighted by molar-refractivity contribution is 6.05. The zero-order valence-corrected chi connectivity index (χ0v) is 23.7. The van der Waals surface area contributed by atoms with E-state index in [4.69, 9.17) is 0 Å². The summed E-state index contributed by atoms with van der Waals surface area (Å²) >= 11 is 0. The van der Waals surface area contributed by atoms with Gasteiger partial charge in [0.25, 0.3) is 5.91 Å². The first-order valence-electron chi connectivity index (χ1n) is 13.4. The van der Waals surface area contributed by atoms with Gasteiger partial charge in [0, 0.05) is 54.9 Å². The Balaban J connectivity index is 1.45. The molecule has 1 amide bonds. The Hall–Kier alpha value is -4.19. The minimum absolute atomic E-state index is 0.0951. The average molecular weight is 567 g/mol. The standard InChI is InChI=1S/C29H33F3N8O/c1-18-7-8-21(13-26(18)40-17-25(35-36-40)23-16-33-38(5)20(23)3)28(41)34-22-14-24(29(30,31)32)19(2)27(15-22)39-10-6-9-37(4)11-12-39/h7-8,13-17H,6,9-12H2,1-5H3,(H,34,41). The summed E-state index contributed by atoms with van der Waals surface area (Å²) in [5, 5.41) is 15.5. The molecule has 0 bridgehead atoms. The van der Waals surface area contributed by atoms with Gasteiger partial charge in [-0.25, -0.2) is 4.68 Å². The average Bonchev–Trinajstić information content (AvgIpc) is 3.46. The van der Waals surface area contributed by atoms with Gasteiger partial charge in [0.1, 0.15) is 5.69 Å². The van der Waals surface area contributed by atoms with E-state index in [2.05, 4.69) is 25.6 Å². The molecule has 1 N–H and O–H groups in total. The summed E-state index contributed by atoms with van der Waals surface area (Å²) in [6.07, 6.45) is -0.245. The highest BCUT2D eigenvalue weighted by Gasteiger charge is 2.35. The second-order valence-electron chi connectivity index (χ2n) is 10.6. The van der Waals surface area contributed by atoms with Gasteiger partial charge in [-0.2, -0.15) is 18.3 Å². The van der Waals surface area contributed by atoms with Crippen molar-refractivity contribution in [2.75, 3.05) is 43.4 Å². The summed E-state index contributed by atoms with van der Waals surface area (Å²) in [6.45, 7) is 8.17. The second kappa shape index (κ2) is 11.0. The first kappa shape index (κ1) is 28.3. The predicted molar refractivity (Wildman–Crippen MR) is 151 cm³/mol. The van der Waals surface area contributed by atoms with Crippen molar-refractivity contribution in [1.82, 2.24) is 29.7 Å². The molecule has 9 nitrogen and oxygen atoms in total. The third-order valence-corrected chi connectivity index (χ3v) is 7.73. The van der Waals surface area contributed by atoms with E-state index in [1.807, 2.05) is 32.8 Å². The molecular formula is C29H33F3N8O. The topological polar surface area (TPSA) is 84.1 Å². The molecule has 0 aliphatic carbocycles. The number of benzene rings is 2. The fraction of sp³-hybridized carbons (Fsp3) is 0.379. The molecule has 1 saturated heterocycles. The largest absolute Gasteiger partial charge is 0.416 e. The van der Waals surface area contributed by atoms with Crippen LogP contribution in [-0.2, 0) is 13.2 Å². The summed E-state index contributed by atoms with van der Waals surface area (Å²) in [5.74, 6) is -0.520. The Morgan fingerprint density at radius 3 is 2.46 bits per heavy atom. The fourth-order valence-corrected chi connectivity index (χ4v) is 5.14. The minimum atomic E-state index is -4.56. The molecule has 5 rings (SSSR count). The van der Waals surface area contributed by atoms with Crippen LogP contribution in [0.5, 0.6) is 0 Å². The number of rotatable bonds is 5. The van der Waals surface area contributed by atoms with Crippen molar-refractivity contribution in [3.8, 4) is 16.9 Å². The van der Waals surface area contributed by atoms with Crippen molar-refractivity contribution in [2.45, 2.75) is 33.4 Å². The normalized spacial score (nSPS) is 14.8. The number of aryl methyl sites for hydroxylation is 2. The molecule has 2 aromatic heterocycles. The SMILES string of the molecule is Cc1ccc(C(=O)Nc2cc(N3CCCN(C)CC3)c(C)c(C(F)(F)F)c2)cc1-n1cc(-c2cnn(C)c2C)nn1. The highest BCUT2D eigenvalue weighted by atomic mass is 19.4. The van der Waals surface area contributed by atoms with Gasteiger partial charge >= 0.3 is 6.18 Å². The lowest BCUT2D eigenvalue weighted by Crippen LogP contribution is -2.30. The molecule has 2 aromatic carbocycles. The maximum Gasteiger partial charge on any atom is 0.416 e. The van der Waals surface area contributed by atoms with Crippen molar-refractivity contribution < 1.29 is 18.0 Å². The Bertz CT molecular complexity index is 1590. The van der Waals surface area contributed by atoms with Gasteiger partial charge in [-0.3, -0.25) is 9.48 Å². The van der Waals surface area contributed by atoms with Crippen molar-refractivity contribution in [2.24, 2.45) is 7.05 Å². The molecule has 4 aromatic rings. The number of hydrogen-bond acceptors (Lipinski definition) is 6. The van der Waals surface area contributed by atoms with Crippen molar-refractivity contribution in [3.63, 3.8) is 0 Å². The van der Waals surface area contributed by atoms with E-state index < -0.39 is 17.6 Å². The van der Waals surface area contributed by atoms with Crippen LogP contribution in [0, 0.1) is 20.8 Å². The first-order chi connectivity index (χ1) is 19.4. The minimum Gasteiger partial charge on any atom is -0.370 e. The third-order valence-electron chi connectivity index (χ3n) is 7.73. The van der Waals surface area contributed by atoms with Crippen LogP contribution in [0.4, 0.5) is 24.5 Å². The van der Waals surface area contributed by atoms with Gasteiger partial charge in [0.05, 0.1) is 23.6 Å². The van der Waals surface area contributed by atoms with Crippen LogP contribution in [0.25, 0.3) is 16.9 Å². The Kier molecular flexibility index (Phi) is 7.60. The number of nitrogens with one attached hydrogen (secondary N) is 1. The van der Waals surface area contributed by atoms with Crippen LogP contribution in [0.3, 0.4) is 0 Å². The van der Waals surface area contributed by atoms with E-state index in [9.17, 15) is 18.0 Å². The lowest BCUT2D eigenvalue weighted by atomic mass is 10.0. The third kappa shape index (κ3) is 5.83. The first-order valence-corrected chi connectivity index (χ1v) is 13.4. The summed E-state index contributed by atoms with van der Waals surface area (Å²) in [7, 11) is 3.85. The van der Waals surface area contributed by atoms with Crippen LogP contribution in [0.1, 0.15) is 39.2 Å². The lowest BCUT2D eigenvalue weighted by molar-refractivity contribution is -0.138. The molecule has 12 heteroatoms. The molecule has 0 spiro atoms. The monoisotopic (exact) mass is 566 g/mol. The molecule has 41 heavy (non-hydrogen) atoms. The number of aromatic nitrogens is 5. The molecule has 0 radical (unpaired) electrons. The molecule has 0 saturated carbocycles. The molecule has 1 aliphatic heterocycles. The smallest absolute Gasteiger partial charge is 0.370 e. The van der Waals surface area contributed by atoms with Gasteiger partial charge in [0.15, 0.2) is 0 Å². The zero-order chi connectivity index (χ0) is 29.5. The Morgan fingerprint density at radius 2 is 1.76 bits per heavy atom. The van der Waals surface area contributed by atoms with E-state index in [-0.39, 0.29) is 16.8 Å². The van der Waals surface area contributed by atoms with Crippen LogP contribution < -0.4 is 10.2 Å². The van der Waals surface area contributed by atoms with Crippen LogP contribution >= 0.6 is 0 Å². The van der Waals surface area contributed by atoms with Crippen molar-refractivity contribution in [3.05, 3.63) is 70.7 Å². The predicted octanol–water partition coefficient (Wildman–Crippen LogP) is 5.01. The van der Waals surface area contributed by atoms with Gasteiger partial charge < -0.3 is 15.1 Å². The number of amides is 1. The fourth-order valence-electron chi connectivity index (χ4n) is 5.14. The number of anilines is 2. The number of halogens is 3. The van der Waals surface area contributed by atoms with Gasteiger partial charge in [0.2, 0.25) is 0 Å². The zero-order valence-electron chi connectivity index (χ0n) is 23.7. The van der Waals surface area contributed by atoms with Crippen LogP contribution in [0.15, 0.2) is 42.7 Å². The number of carbonyl (C=O) groups excluding carboxylic acids is 1. The van der Waals surface area contributed by atoms with Crippen molar-refractivity contribution >= 4 is 17.3 Å². The number of carbonyl (C=O) groups is 1. The molecule has 0 atom stereocenters. The van der Waals surface area contributed by atoms with E-state index in [0.717, 1.165) is 42.4 Å². The lowest BCUT2D eigenvalue weighted by Gasteiger charge is -2.27. The van der Waals surface area contributed by atoms with E-state index in [0.29, 0.717) is 30.2 Å². The molecule has 1 fully saturated rings. The summed E-state index contributed by atoms with van der Waals surface area (Å²) < 4.78 is 45.5. The number of nitrogens with zero attached hydrogens (tertiary/aromatic N) is 7. The van der Waals surface area contributed by atoms with Crippen LogP contribution in [0.2, 0.25) is 0 Å². The van der Waals surface area contributed by atoms with Crippen molar-refractivity contribution in [1.29, 1.82) is 0 Å². The van der Waals surface area contributed by atoms with E-state index in [1.165, 1.54) is 6.92 Å². The molecular weight excluding hydrogens is 533 g/mol. The summed E-state index contributed by atoms with van der Waals surface area (Å²) in [5.41, 5.74) is 4.16. The van der Waals surface area contributed by atoms with Gasteiger partial charge in [-0.05, 0) is 76.2 Å². The summed E-state index contributed by atoms with van der Waals surface area (Å²) in [6, 6.07) is 7.72. The maximum atomic E-state index is 14.1. The quantitative estimate of drug-likeness (QED) is 0.366. The van der Waals surface area contributed by atoms with Crippen LogP contribution in [-0.4, -0.2) is 68.8 Å². The van der Waals surface area contributed by atoms with Gasteiger partial charge in [-0.1, -0.05) is 11.3 Å². The Morgan fingerprint density at radius 1 is 0.976 bits per heavy atom. The Labute approximate surface area is 236 Å². The van der Waals surface area contributed by atoms with E-state index >= 15 is 0 Å². The molecule has 3 heterocycles. The highest BCUT2D eigenvalue weighted by Crippen LogP contribution is 2.39. The number of likely N-dealkylation sites (N-methyl/N-ethyl adjacent to an activating group) is 1. The number of hydrogen-bond donors (Lipinski definition) is 1. The molecule has 0 unspecified atom stereocenters. The molecule has 216 valence electrons. The molecule has 1 aliphatic rings. The van der Waals surface area contributed by atoms with Gasteiger partial charge in [-0.15, -0.1) is 5.10 Å². The van der Waals surface area contributed by atoms with E-state index in [1.54, 1.807) is 46.0 Å². The second-order valence-corrected chi connectivity index (χ2v) is 10.6.